The van der Waals surface area contributed by atoms with Crippen LogP contribution in [0.15, 0.2) is 42.6 Å². The van der Waals surface area contributed by atoms with Gasteiger partial charge in [-0.25, -0.2) is 0 Å². The first-order chi connectivity index (χ1) is 11.0. The van der Waals surface area contributed by atoms with E-state index in [0.717, 1.165) is 24.2 Å². The Labute approximate surface area is 138 Å². The van der Waals surface area contributed by atoms with E-state index in [4.69, 9.17) is 4.74 Å². The molecule has 0 aliphatic carbocycles. The normalized spacial score (nSPS) is 10.0. The van der Waals surface area contributed by atoms with Gasteiger partial charge in [0, 0.05) is 18.8 Å². The highest BCUT2D eigenvalue weighted by molar-refractivity contribution is 5.79. The van der Waals surface area contributed by atoms with Crippen molar-refractivity contribution in [1.29, 1.82) is 0 Å². The third-order valence-corrected chi connectivity index (χ3v) is 3.26. The molecule has 5 nitrogen and oxygen atoms in total. The Morgan fingerprint density at radius 2 is 1.96 bits per heavy atom. The lowest BCUT2D eigenvalue weighted by Gasteiger charge is -2.23. The average molecular weight is 318 g/mol. The van der Waals surface area contributed by atoms with Gasteiger partial charge in [0.05, 0.1) is 13.0 Å². The Bertz CT molecular complexity index is 514. The van der Waals surface area contributed by atoms with Crippen LogP contribution in [0.25, 0.3) is 0 Å². The Balaban J connectivity index is 2.21. The van der Waals surface area contributed by atoms with Crippen molar-refractivity contribution in [3.63, 3.8) is 0 Å². The van der Waals surface area contributed by atoms with E-state index < -0.39 is 0 Å². The quantitative estimate of drug-likeness (QED) is 0.673. The molecule has 0 atom stereocenters. The third-order valence-electron chi connectivity index (χ3n) is 3.26. The Morgan fingerprint density at radius 1 is 1.26 bits per heavy atom. The van der Waals surface area contributed by atoms with Crippen LogP contribution in [0.5, 0.6) is 0 Å². The number of rotatable bonds is 10. The molecular weight excluding hydrogens is 292 g/mol. The lowest BCUT2D eigenvalue weighted by Crippen LogP contribution is -2.37. The van der Waals surface area contributed by atoms with Crippen LogP contribution >= 0.6 is 0 Å². The maximum absolute atomic E-state index is 11.8. The number of amides is 1. The summed E-state index contributed by atoms with van der Waals surface area (Å²) in [5.41, 5.74) is 1.81. The second-order valence-electron chi connectivity index (χ2n) is 5.40. The van der Waals surface area contributed by atoms with Gasteiger partial charge in [0.2, 0.25) is 5.91 Å². The lowest BCUT2D eigenvalue weighted by molar-refractivity contribution is -0.144. The van der Waals surface area contributed by atoms with Crippen LogP contribution in [-0.4, -0.2) is 36.4 Å². The predicted molar refractivity (Wildman–Crippen MR) is 90.5 cm³/mol. The van der Waals surface area contributed by atoms with Gasteiger partial charge in [-0.3, -0.25) is 9.59 Å². The second-order valence-corrected chi connectivity index (χ2v) is 5.40. The van der Waals surface area contributed by atoms with Gasteiger partial charge in [-0.05, 0) is 18.9 Å². The van der Waals surface area contributed by atoms with Crippen molar-refractivity contribution in [3.8, 4) is 0 Å². The molecule has 1 N–H and O–H groups in total. The van der Waals surface area contributed by atoms with Crippen molar-refractivity contribution < 1.29 is 14.3 Å². The molecule has 0 radical (unpaired) electrons. The van der Waals surface area contributed by atoms with Crippen molar-refractivity contribution in [2.75, 3.05) is 19.6 Å². The summed E-state index contributed by atoms with van der Waals surface area (Å²) in [7, 11) is 0. The number of ether oxygens (including phenoxy) is 1. The minimum Gasteiger partial charge on any atom is -0.461 e. The van der Waals surface area contributed by atoms with Crippen molar-refractivity contribution >= 4 is 11.9 Å². The molecule has 0 aromatic heterocycles. The van der Waals surface area contributed by atoms with Gasteiger partial charge in [-0.2, -0.15) is 0 Å². The number of carbonyl (C=O) groups excluding carboxylic acids is 2. The Hall–Kier alpha value is -2.30. The summed E-state index contributed by atoms with van der Waals surface area (Å²) >= 11 is 0. The van der Waals surface area contributed by atoms with E-state index in [1.165, 1.54) is 0 Å². The number of nitrogens with zero attached hydrogens (tertiary/aromatic N) is 1. The van der Waals surface area contributed by atoms with Crippen LogP contribution < -0.4 is 5.32 Å². The van der Waals surface area contributed by atoms with E-state index in [0.29, 0.717) is 0 Å². The van der Waals surface area contributed by atoms with Crippen molar-refractivity contribution in [3.05, 3.63) is 48.2 Å². The molecule has 1 amide bonds. The molecule has 23 heavy (non-hydrogen) atoms. The number of nitrogens with one attached hydrogen (secondary N) is 1. The van der Waals surface area contributed by atoms with Gasteiger partial charge in [-0.15, -0.1) is 0 Å². The fourth-order valence-electron chi connectivity index (χ4n) is 2.02. The molecule has 0 unspecified atom stereocenters. The predicted octanol–water partition coefficient (Wildman–Crippen LogP) is 2.48. The third kappa shape index (κ3) is 8.04. The smallest absolute Gasteiger partial charge is 0.307 e. The summed E-state index contributed by atoms with van der Waals surface area (Å²) in [6.45, 7) is 9.39. The van der Waals surface area contributed by atoms with Crippen molar-refractivity contribution in [2.24, 2.45) is 0 Å². The summed E-state index contributed by atoms with van der Waals surface area (Å²) in [5, 5.41) is 2.73. The molecule has 1 aromatic carbocycles. The van der Waals surface area contributed by atoms with Crippen LogP contribution in [0.3, 0.4) is 0 Å². The van der Waals surface area contributed by atoms with E-state index in [-0.39, 0.29) is 38.0 Å². The van der Waals surface area contributed by atoms with Crippen LogP contribution in [0, 0.1) is 0 Å². The average Bonchev–Trinajstić information content (AvgIpc) is 2.53. The summed E-state index contributed by atoms with van der Waals surface area (Å²) in [5.74, 6) is -0.434. The summed E-state index contributed by atoms with van der Waals surface area (Å²) in [6.07, 6.45) is 1.12. The molecule has 0 saturated carbocycles. The molecule has 5 heteroatoms. The standard InChI is InChI=1S/C18H26N2O3/c1-4-12-20(15(2)3)13-17(21)19-11-10-18(22)23-14-16-8-6-5-7-9-16/h5-9H,2,4,10-14H2,1,3H3,(H,19,21). The highest BCUT2D eigenvalue weighted by atomic mass is 16.5. The number of benzene rings is 1. The number of allylic oxidation sites excluding steroid dienone is 1. The fourth-order valence-corrected chi connectivity index (χ4v) is 2.02. The van der Waals surface area contributed by atoms with Gasteiger partial charge >= 0.3 is 5.97 Å². The van der Waals surface area contributed by atoms with Gasteiger partial charge in [-0.1, -0.05) is 43.8 Å². The zero-order chi connectivity index (χ0) is 17.1. The molecule has 1 rings (SSSR count). The summed E-state index contributed by atoms with van der Waals surface area (Å²) < 4.78 is 5.15. The molecule has 0 saturated heterocycles. The van der Waals surface area contributed by atoms with Crippen LogP contribution in [0.1, 0.15) is 32.3 Å². The molecule has 0 aliphatic heterocycles. The van der Waals surface area contributed by atoms with E-state index >= 15 is 0 Å². The minimum absolute atomic E-state index is 0.114. The highest BCUT2D eigenvalue weighted by Gasteiger charge is 2.10. The second kappa shape index (κ2) is 10.4. The molecule has 0 aliphatic rings. The highest BCUT2D eigenvalue weighted by Crippen LogP contribution is 2.02. The first-order valence-corrected chi connectivity index (χ1v) is 7.89. The number of hydrogen-bond donors (Lipinski definition) is 1. The molecule has 0 heterocycles. The monoisotopic (exact) mass is 318 g/mol. The Kier molecular flexibility index (Phi) is 8.50. The molecular formula is C18H26N2O3. The Morgan fingerprint density at radius 3 is 2.57 bits per heavy atom. The molecule has 126 valence electrons. The zero-order valence-electron chi connectivity index (χ0n) is 14.0. The van der Waals surface area contributed by atoms with Crippen LogP contribution in [0.4, 0.5) is 0 Å². The molecule has 0 spiro atoms. The summed E-state index contributed by atoms with van der Waals surface area (Å²) in [4.78, 5) is 25.4. The van der Waals surface area contributed by atoms with Crippen LogP contribution in [0.2, 0.25) is 0 Å². The first-order valence-electron chi connectivity index (χ1n) is 7.89. The van der Waals surface area contributed by atoms with Crippen LogP contribution in [-0.2, 0) is 20.9 Å². The maximum atomic E-state index is 11.8. The van der Waals surface area contributed by atoms with E-state index in [2.05, 4.69) is 18.8 Å². The minimum atomic E-state index is -0.320. The molecule has 0 fully saturated rings. The van der Waals surface area contributed by atoms with Gasteiger partial charge in [0.1, 0.15) is 6.61 Å². The van der Waals surface area contributed by atoms with Gasteiger partial charge in [0.15, 0.2) is 0 Å². The fraction of sp³-hybridized carbons (Fsp3) is 0.444. The van der Waals surface area contributed by atoms with E-state index in [9.17, 15) is 9.59 Å². The topological polar surface area (TPSA) is 58.6 Å². The number of esters is 1. The summed E-state index contributed by atoms with van der Waals surface area (Å²) in [6, 6.07) is 9.50. The lowest BCUT2D eigenvalue weighted by atomic mass is 10.2. The van der Waals surface area contributed by atoms with Crippen molar-refractivity contribution in [1.82, 2.24) is 10.2 Å². The maximum Gasteiger partial charge on any atom is 0.307 e. The van der Waals surface area contributed by atoms with Gasteiger partial charge < -0.3 is 15.0 Å². The number of carbonyl (C=O) groups is 2. The zero-order valence-corrected chi connectivity index (χ0v) is 14.0. The van der Waals surface area contributed by atoms with Gasteiger partial charge in [0.25, 0.3) is 0 Å². The molecule has 1 aromatic rings. The molecule has 0 bridgehead atoms. The first kappa shape index (κ1) is 18.7. The van der Waals surface area contributed by atoms with E-state index in [1.807, 2.05) is 42.2 Å². The van der Waals surface area contributed by atoms with E-state index in [1.54, 1.807) is 0 Å². The largest absolute Gasteiger partial charge is 0.461 e. The SMILES string of the molecule is C=C(C)N(CCC)CC(=O)NCCC(=O)OCc1ccccc1. The van der Waals surface area contributed by atoms with Crippen molar-refractivity contribution in [2.45, 2.75) is 33.3 Å². The number of hydrogen-bond acceptors (Lipinski definition) is 4.